The van der Waals surface area contributed by atoms with Crippen molar-refractivity contribution in [2.45, 2.75) is 18.8 Å². The Bertz CT molecular complexity index is 761. The van der Waals surface area contributed by atoms with Crippen LogP contribution in [0.5, 0.6) is 0 Å². The second kappa shape index (κ2) is 7.04. The number of methoxy groups -OCH3 is 1. The summed E-state index contributed by atoms with van der Waals surface area (Å²) in [4.78, 5) is 25.2. The first-order valence-electron chi connectivity index (χ1n) is 7.60. The van der Waals surface area contributed by atoms with E-state index in [4.69, 9.17) is 4.74 Å². The third kappa shape index (κ3) is 3.28. The molecule has 0 saturated carbocycles. The predicted molar refractivity (Wildman–Crippen MR) is 89.5 cm³/mol. The van der Waals surface area contributed by atoms with Crippen LogP contribution in [0.2, 0.25) is 0 Å². The number of esters is 1. The summed E-state index contributed by atoms with van der Waals surface area (Å²) in [5, 5.41) is 8.28. The Morgan fingerprint density at radius 1 is 1.46 bits per heavy atom. The van der Waals surface area contributed by atoms with E-state index in [1.165, 1.54) is 7.11 Å². The lowest BCUT2D eigenvalue weighted by Gasteiger charge is -2.19. The van der Waals surface area contributed by atoms with Gasteiger partial charge in [-0.1, -0.05) is 17.3 Å². The molecule has 2 heterocycles. The molecule has 0 bridgehead atoms. The predicted octanol–water partition coefficient (Wildman–Crippen LogP) is 1.71. The molecule has 8 heteroatoms. The van der Waals surface area contributed by atoms with Crippen LogP contribution < -0.4 is 0 Å². The highest BCUT2D eigenvalue weighted by Gasteiger charge is 2.33. The number of benzene rings is 1. The maximum atomic E-state index is 11.8. The number of nitrogens with zero attached hydrogens (tertiary/aromatic N) is 4. The first kappa shape index (κ1) is 16.5. The molecule has 24 heavy (non-hydrogen) atoms. The number of aromatic nitrogens is 3. The summed E-state index contributed by atoms with van der Waals surface area (Å²) in [6.07, 6.45) is 1.85. The van der Waals surface area contributed by atoms with Crippen LogP contribution in [0.25, 0.3) is 0 Å². The van der Waals surface area contributed by atoms with Gasteiger partial charge in [0.1, 0.15) is 11.1 Å². The fourth-order valence-electron chi connectivity index (χ4n) is 2.65. The second-order valence-electron chi connectivity index (χ2n) is 5.38. The summed E-state index contributed by atoms with van der Waals surface area (Å²) in [6.45, 7) is 3.11. The van der Waals surface area contributed by atoms with E-state index in [-0.39, 0.29) is 17.3 Å². The number of hydrogen-bond donors (Lipinski definition) is 0. The Hall–Kier alpha value is -2.35. The third-order valence-electron chi connectivity index (χ3n) is 3.81. The van der Waals surface area contributed by atoms with Gasteiger partial charge in [-0.2, -0.15) is 0 Å². The lowest BCUT2D eigenvalue weighted by atomic mass is 10.1. The van der Waals surface area contributed by atoms with Crippen LogP contribution in [0.15, 0.2) is 30.5 Å². The van der Waals surface area contributed by atoms with Gasteiger partial charge in [-0.05, 0) is 24.6 Å². The zero-order valence-corrected chi connectivity index (χ0v) is 14.3. The molecule has 1 amide bonds. The molecule has 1 aromatic carbocycles. The number of amides is 1. The number of thioether (sulfide) groups is 1. The summed E-state index contributed by atoms with van der Waals surface area (Å²) >= 11 is 1.56. The van der Waals surface area contributed by atoms with E-state index < -0.39 is 0 Å². The molecule has 1 saturated heterocycles. The van der Waals surface area contributed by atoms with Crippen molar-refractivity contribution in [3.63, 3.8) is 0 Å². The highest BCUT2D eigenvalue weighted by molar-refractivity contribution is 8.00. The van der Waals surface area contributed by atoms with Gasteiger partial charge in [0.2, 0.25) is 5.91 Å². The molecule has 126 valence electrons. The topological polar surface area (TPSA) is 77.3 Å². The molecule has 0 aliphatic carbocycles. The van der Waals surface area contributed by atoms with E-state index in [2.05, 4.69) is 10.3 Å². The lowest BCUT2D eigenvalue weighted by Crippen LogP contribution is -2.27. The summed E-state index contributed by atoms with van der Waals surface area (Å²) in [7, 11) is 1.36. The van der Waals surface area contributed by atoms with Crippen LogP contribution in [0, 0.1) is 0 Å². The molecule has 0 radical (unpaired) electrons. The van der Waals surface area contributed by atoms with E-state index in [1.807, 2.05) is 25.3 Å². The molecule has 2 aromatic rings. The van der Waals surface area contributed by atoms with Gasteiger partial charge in [0.15, 0.2) is 0 Å². The Kier molecular flexibility index (Phi) is 4.84. The van der Waals surface area contributed by atoms with Crippen molar-refractivity contribution in [1.82, 2.24) is 19.9 Å². The Balaban J connectivity index is 1.75. The molecule has 1 fully saturated rings. The molecular formula is C16H18N4O3S. The average molecular weight is 346 g/mol. The Labute approximate surface area is 144 Å². The first-order chi connectivity index (χ1) is 11.6. The minimum Gasteiger partial charge on any atom is -0.465 e. The van der Waals surface area contributed by atoms with Crippen molar-refractivity contribution < 1.29 is 14.3 Å². The normalized spacial score (nSPS) is 17.3. The number of carbonyl (C=O) groups excluding carboxylic acids is 2. The highest BCUT2D eigenvalue weighted by Crippen LogP contribution is 2.37. The molecule has 3 rings (SSSR count). The van der Waals surface area contributed by atoms with Gasteiger partial charge < -0.3 is 9.64 Å². The van der Waals surface area contributed by atoms with Crippen LogP contribution in [0.3, 0.4) is 0 Å². The smallest absolute Gasteiger partial charge is 0.337 e. The van der Waals surface area contributed by atoms with Gasteiger partial charge in [0.25, 0.3) is 0 Å². The van der Waals surface area contributed by atoms with E-state index in [1.54, 1.807) is 33.5 Å². The van der Waals surface area contributed by atoms with Crippen molar-refractivity contribution in [2.75, 3.05) is 19.4 Å². The molecule has 1 aromatic heterocycles. The molecule has 0 unspecified atom stereocenters. The number of rotatable bonds is 5. The van der Waals surface area contributed by atoms with E-state index in [9.17, 15) is 9.59 Å². The molecule has 1 aliphatic heterocycles. The number of ether oxygens (including phenoxy) is 1. The van der Waals surface area contributed by atoms with Crippen LogP contribution >= 0.6 is 11.8 Å². The van der Waals surface area contributed by atoms with Gasteiger partial charge >= 0.3 is 5.97 Å². The minimum atomic E-state index is -0.365. The van der Waals surface area contributed by atoms with Crippen molar-refractivity contribution in [3.8, 4) is 0 Å². The SMILES string of the molecule is CCN1C(=O)CS[C@H]1c1cn(Cc2cccc(C(=O)OC)c2)nn1. The van der Waals surface area contributed by atoms with Crippen LogP contribution in [0.4, 0.5) is 0 Å². The summed E-state index contributed by atoms with van der Waals surface area (Å²) in [5.41, 5.74) is 2.21. The minimum absolute atomic E-state index is 0.0716. The lowest BCUT2D eigenvalue weighted by molar-refractivity contribution is -0.127. The van der Waals surface area contributed by atoms with Crippen molar-refractivity contribution in [1.29, 1.82) is 0 Å². The zero-order valence-electron chi connectivity index (χ0n) is 13.5. The van der Waals surface area contributed by atoms with Crippen LogP contribution in [-0.2, 0) is 16.1 Å². The summed E-state index contributed by atoms with van der Waals surface area (Å²) in [5.74, 6) is 0.246. The summed E-state index contributed by atoms with van der Waals surface area (Å²) < 4.78 is 6.44. The van der Waals surface area contributed by atoms with Crippen molar-refractivity contribution in [3.05, 3.63) is 47.3 Å². The third-order valence-corrected chi connectivity index (χ3v) is 5.04. The van der Waals surface area contributed by atoms with Crippen LogP contribution in [0.1, 0.15) is 33.9 Å². The van der Waals surface area contributed by atoms with Gasteiger partial charge in [0, 0.05) is 6.54 Å². The van der Waals surface area contributed by atoms with Crippen molar-refractivity contribution >= 4 is 23.6 Å². The molecule has 1 aliphatic rings. The average Bonchev–Trinajstić information content (AvgIpc) is 3.20. The van der Waals surface area contributed by atoms with Crippen molar-refractivity contribution in [2.24, 2.45) is 0 Å². The van der Waals surface area contributed by atoms with Gasteiger partial charge in [-0.25, -0.2) is 9.48 Å². The monoisotopic (exact) mass is 346 g/mol. The Morgan fingerprint density at radius 3 is 3.04 bits per heavy atom. The maximum absolute atomic E-state index is 11.8. The fraction of sp³-hybridized carbons (Fsp3) is 0.375. The van der Waals surface area contributed by atoms with Gasteiger partial charge in [0.05, 0.1) is 31.2 Å². The maximum Gasteiger partial charge on any atom is 0.337 e. The second-order valence-corrected chi connectivity index (χ2v) is 6.44. The standard InChI is InChI=1S/C16H18N4O3S/c1-3-20-14(21)10-24-15(20)13-9-19(18-17-13)8-11-5-4-6-12(7-11)16(22)23-2/h4-7,9,15H,3,8,10H2,1-2H3/t15-/m0/s1. The quantitative estimate of drug-likeness (QED) is 0.767. The number of hydrogen-bond acceptors (Lipinski definition) is 6. The fourth-order valence-corrected chi connectivity index (χ4v) is 3.84. The number of carbonyl (C=O) groups is 2. The van der Waals surface area contributed by atoms with E-state index in [0.717, 1.165) is 11.3 Å². The molecular weight excluding hydrogens is 328 g/mol. The zero-order chi connectivity index (χ0) is 17.1. The Morgan fingerprint density at radius 2 is 2.29 bits per heavy atom. The largest absolute Gasteiger partial charge is 0.465 e. The van der Waals surface area contributed by atoms with Crippen LogP contribution in [-0.4, -0.2) is 51.2 Å². The molecule has 7 nitrogen and oxygen atoms in total. The van der Waals surface area contributed by atoms with E-state index in [0.29, 0.717) is 24.4 Å². The molecule has 1 atom stereocenters. The summed E-state index contributed by atoms with van der Waals surface area (Å²) in [6, 6.07) is 7.21. The van der Waals surface area contributed by atoms with Gasteiger partial charge in [-0.15, -0.1) is 16.9 Å². The first-order valence-corrected chi connectivity index (χ1v) is 8.65. The molecule has 0 spiro atoms. The molecule has 0 N–H and O–H groups in total. The highest BCUT2D eigenvalue weighted by atomic mass is 32.2. The van der Waals surface area contributed by atoms with E-state index >= 15 is 0 Å². The van der Waals surface area contributed by atoms with Gasteiger partial charge in [-0.3, -0.25) is 4.79 Å².